The molecule has 9 rings (SSSR count). The molecule has 0 spiro atoms. The van der Waals surface area contributed by atoms with Gasteiger partial charge in [-0.15, -0.1) is 11.3 Å². The van der Waals surface area contributed by atoms with Crippen LogP contribution in [0.3, 0.4) is 0 Å². The highest BCUT2D eigenvalue weighted by Gasteiger charge is 2.24. The first-order chi connectivity index (χ1) is 21.3. The molecule has 0 atom stereocenters. The fourth-order valence-electron chi connectivity index (χ4n) is 6.47. The molecule has 0 bridgehead atoms. The summed E-state index contributed by atoms with van der Waals surface area (Å²) in [6.07, 6.45) is 0. The van der Waals surface area contributed by atoms with E-state index in [4.69, 9.17) is 4.42 Å². The zero-order valence-corrected chi connectivity index (χ0v) is 24.0. The van der Waals surface area contributed by atoms with E-state index in [1.54, 1.807) is 0 Å². The van der Waals surface area contributed by atoms with Gasteiger partial charge in [-0.1, -0.05) is 115 Å². The highest BCUT2D eigenvalue weighted by atomic mass is 32.1. The molecule has 2 aromatic heterocycles. The predicted molar refractivity (Wildman–Crippen MR) is 184 cm³/mol. The number of hydrogen-bond acceptors (Lipinski definition) is 3. The van der Waals surface area contributed by atoms with E-state index in [-0.39, 0.29) is 0 Å². The van der Waals surface area contributed by atoms with Crippen molar-refractivity contribution in [1.82, 2.24) is 0 Å². The van der Waals surface area contributed by atoms with Crippen molar-refractivity contribution >= 4 is 81.3 Å². The van der Waals surface area contributed by atoms with Crippen LogP contribution in [-0.4, -0.2) is 0 Å². The Morgan fingerprint density at radius 2 is 1.16 bits per heavy atom. The molecule has 2 nitrogen and oxygen atoms in total. The van der Waals surface area contributed by atoms with Crippen molar-refractivity contribution in [2.75, 3.05) is 4.90 Å². The molecule has 0 aliphatic rings. The monoisotopic (exact) mass is 567 g/mol. The highest BCUT2D eigenvalue weighted by Crippen LogP contribution is 2.49. The lowest BCUT2D eigenvalue weighted by Crippen LogP contribution is -2.10. The van der Waals surface area contributed by atoms with E-state index >= 15 is 0 Å². The first-order valence-electron chi connectivity index (χ1n) is 14.5. The second-order valence-electron chi connectivity index (χ2n) is 10.9. The van der Waals surface area contributed by atoms with Gasteiger partial charge in [0.25, 0.3) is 0 Å². The van der Waals surface area contributed by atoms with Gasteiger partial charge in [-0.2, -0.15) is 0 Å². The number of hydrogen-bond donors (Lipinski definition) is 0. The summed E-state index contributed by atoms with van der Waals surface area (Å²) in [6.45, 7) is 0. The van der Waals surface area contributed by atoms with Crippen LogP contribution in [0.25, 0.3) is 64.0 Å². The molecule has 202 valence electrons. The summed E-state index contributed by atoms with van der Waals surface area (Å²) in [7, 11) is 0. The largest absolute Gasteiger partial charge is 0.454 e. The maximum absolute atomic E-state index is 6.74. The van der Waals surface area contributed by atoms with E-state index < -0.39 is 0 Å². The molecule has 0 aliphatic carbocycles. The van der Waals surface area contributed by atoms with Crippen LogP contribution in [0.15, 0.2) is 156 Å². The molecular formula is C40H25NOS. The van der Waals surface area contributed by atoms with Crippen LogP contribution in [0, 0.1) is 0 Å². The zero-order valence-electron chi connectivity index (χ0n) is 23.2. The molecule has 43 heavy (non-hydrogen) atoms. The van der Waals surface area contributed by atoms with Crippen LogP contribution in [0.4, 0.5) is 17.1 Å². The number of fused-ring (bicyclic) bond motifs is 8. The van der Waals surface area contributed by atoms with Crippen LogP contribution < -0.4 is 4.90 Å². The van der Waals surface area contributed by atoms with Gasteiger partial charge in [0.05, 0.1) is 16.1 Å². The smallest absolute Gasteiger partial charge is 0.160 e. The van der Waals surface area contributed by atoms with Crippen LogP contribution in [0.5, 0.6) is 0 Å². The summed E-state index contributed by atoms with van der Waals surface area (Å²) in [5, 5.41) is 7.23. The van der Waals surface area contributed by atoms with Crippen LogP contribution >= 0.6 is 11.3 Å². The topological polar surface area (TPSA) is 16.4 Å². The van der Waals surface area contributed by atoms with Gasteiger partial charge in [-0.25, -0.2) is 0 Å². The lowest BCUT2D eigenvalue weighted by atomic mass is 10.0. The summed E-state index contributed by atoms with van der Waals surface area (Å²) in [5.74, 6) is 0. The van der Waals surface area contributed by atoms with Gasteiger partial charge in [-0.3, -0.25) is 0 Å². The molecule has 0 fully saturated rings. The van der Waals surface area contributed by atoms with Crippen molar-refractivity contribution < 1.29 is 4.42 Å². The van der Waals surface area contributed by atoms with Crippen molar-refractivity contribution in [2.24, 2.45) is 0 Å². The standard InChI is InChI=1S/C40H25NOS/c1-2-11-26(12-3-1)27-21-23-29(24-22-27)41(34-18-10-17-32-31-15-7-9-20-37(31)43-40(32)34)35-25-28-13-4-5-14-30(28)38-33-16-6-8-19-36(33)42-39(35)38/h1-25H. The van der Waals surface area contributed by atoms with Crippen LogP contribution in [-0.2, 0) is 0 Å². The van der Waals surface area contributed by atoms with E-state index in [0.717, 1.165) is 39.0 Å². The number of anilines is 3. The Balaban J connectivity index is 1.38. The molecule has 0 N–H and O–H groups in total. The molecule has 0 saturated carbocycles. The SMILES string of the molecule is c1ccc(-c2ccc(N(c3cc4ccccc4c4c3oc3ccccc34)c3cccc4c3sc3ccccc34)cc2)cc1. The van der Waals surface area contributed by atoms with Gasteiger partial charge in [0.2, 0.25) is 0 Å². The van der Waals surface area contributed by atoms with Crippen molar-refractivity contribution in [3.05, 3.63) is 152 Å². The summed E-state index contributed by atoms with van der Waals surface area (Å²) in [6, 6.07) is 54.1. The van der Waals surface area contributed by atoms with Gasteiger partial charge in [0.1, 0.15) is 5.58 Å². The van der Waals surface area contributed by atoms with E-state index in [0.29, 0.717) is 0 Å². The predicted octanol–water partition coefficient (Wildman–Crippen LogP) is 12.2. The molecule has 0 radical (unpaired) electrons. The normalized spacial score (nSPS) is 11.7. The maximum atomic E-state index is 6.74. The highest BCUT2D eigenvalue weighted by molar-refractivity contribution is 7.26. The Kier molecular flexibility index (Phi) is 5.40. The minimum Gasteiger partial charge on any atom is -0.454 e. The minimum absolute atomic E-state index is 0.894. The third kappa shape index (κ3) is 3.79. The number of furan rings is 1. The average Bonchev–Trinajstić information content (AvgIpc) is 3.66. The van der Waals surface area contributed by atoms with Crippen molar-refractivity contribution in [3.8, 4) is 11.1 Å². The van der Waals surface area contributed by atoms with Gasteiger partial charge < -0.3 is 9.32 Å². The number of para-hydroxylation sites is 1. The van der Waals surface area contributed by atoms with Gasteiger partial charge >= 0.3 is 0 Å². The molecule has 0 saturated heterocycles. The van der Waals surface area contributed by atoms with Gasteiger partial charge in [0.15, 0.2) is 5.58 Å². The molecule has 2 heterocycles. The summed E-state index contributed by atoms with van der Waals surface area (Å²) >= 11 is 1.85. The summed E-state index contributed by atoms with van der Waals surface area (Å²) in [5.41, 5.74) is 7.45. The number of nitrogens with zero attached hydrogens (tertiary/aromatic N) is 1. The molecule has 0 aliphatic heterocycles. The molecule has 9 aromatic rings. The van der Waals surface area contributed by atoms with E-state index in [1.807, 2.05) is 17.4 Å². The van der Waals surface area contributed by atoms with E-state index in [9.17, 15) is 0 Å². The summed E-state index contributed by atoms with van der Waals surface area (Å²) in [4.78, 5) is 2.39. The van der Waals surface area contributed by atoms with Gasteiger partial charge in [-0.05, 0) is 58.3 Å². The molecular weight excluding hydrogens is 543 g/mol. The van der Waals surface area contributed by atoms with Crippen LogP contribution in [0.1, 0.15) is 0 Å². The number of rotatable bonds is 4. The second kappa shape index (κ2) is 9.59. The first-order valence-corrected chi connectivity index (χ1v) is 15.3. The van der Waals surface area contributed by atoms with Gasteiger partial charge in [0, 0.05) is 31.9 Å². The van der Waals surface area contributed by atoms with E-state index in [1.165, 1.54) is 42.1 Å². The lowest BCUT2D eigenvalue weighted by Gasteiger charge is -2.27. The Morgan fingerprint density at radius 3 is 2.02 bits per heavy atom. The number of thiophene rings is 1. The Labute approximate surface area is 252 Å². The van der Waals surface area contributed by atoms with Crippen molar-refractivity contribution in [3.63, 3.8) is 0 Å². The molecule has 7 aromatic carbocycles. The quantitative estimate of drug-likeness (QED) is 0.210. The van der Waals surface area contributed by atoms with Crippen LogP contribution in [0.2, 0.25) is 0 Å². The summed E-state index contributed by atoms with van der Waals surface area (Å²) < 4.78 is 9.29. The first kappa shape index (κ1) is 24.2. The average molecular weight is 568 g/mol. The zero-order chi connectivity index (χ0) is 28.3. The van der Waals surface area contributed by atoms with Crippen molar-refractivity contribution in [2.45, 2.75) is 0 Å². The third-order valence-electron chi connectivity index (χ3n) is 8.45. The fourth-order valence-corrected chi connectivity index (χ4v) is 7.68. The molecule has 0 unspecified atom stereocenters. The Morgan fingerprint density at radius 1 is 0.488 bits per heavy atom. The second-order valence-corrected chi connectivity index (χ2v) is 12.0. The van der Waals surface area contributed by atoms with E-state index in [2.05, 4.69) is 150 Å². The number of benzene rings is 7. The van der Waals surface area contributed by atoms with Crippen molar-refractivity contribution in [1.29, 1.82) is 0 Å². The Hall–Kier alpha value is -5.38. The third-order valence-corrected chi connectivity index (χ3v) is 9.66. The molecule has 0 amide bonds. The fraction of sp³-hybridized carbons (Fsp3) is 0. The Bertz CT molecular complexity index is 2450. The minimum atomic E-state index is 0.894. The molecule has 3 heteroatoms. The lowest BCUT2D eigenvalue weighted by molar-refractivity contribution is 0.669. The maximum Gasteiger partial charge on any atom is 0.160 e.